The van der Waals surface area contributed by atoms with Crippen LogP contribution in [0.5, 0.6) is 11.5 Å². The van der Waals surface area contributed by atoms with E-state index in [1.54, 1.807) is 6.07 Å². The van der Waals surface area contributed by atoms with Crippen molar-refractivity contribution in [1.29, 1.82) is 0 Å². The zero-order valence-corrected chi connectivity index (χ0v) is 12.2. The zero-order chi connectivity index (χ0) is 15.0. The van der Waals surface area contributed by atoms with Gasteiger partial charge in [0, 0.05) is 23.2 Å². The third-order valence-corrected chi connectivity index (χ3v) is 3.82. The van der Waals surface area contributed by atoms with Crippen molar-refractivity contribution in [2.75, 3.05) is 12.3 Å². The molecule has 110 valence electrons. The van der Waals surface area contributed by atoms with E-state index in [0.29, 0.717) is 18.7 Å². The van der Waals surface area contributed by atoms with Crippen LogP contribution in [0.15, 0.2) is 30.3 Å². The molecule has 4 heteroatoms. The molecule has 3 nitrogen and oxygen atoms in total. The number of hydrogen-bond donors (Lipinski definition) is 1. The Morgan fingerprint density at radius 3 is 2.90 bits per heavy atom. The summed E-state index contributed by atoms with van der Waals surface area (Å²) in [5.41, 5.74) is 9.50. The van der Waals surface area contributed by atoms with E-state index in [4.69, 9.17) is 15.2 Å². The van der Waals surface area contributed by atoms with E-state index in [9.17, 15) is 4.39 Å². The molecular weight excluding hydrogens is 269 g/mol. The first-order valence-electron chi connectivity index (χ1n) is 6.98. The summed E-state index contributed by atoms with van der Waals surface area (Å²) in [6.07, 6.45) is 0.565. The van der Waals surface area contributed by atoms with Gasteiger partial charge in [-0.05, 0) is 43.7 Å². The van der Waals surface area contributed by atoms with Crippen LogP contribution in [-0.2, 0) is 6.42 Å². The maximum Gasteiger partial charge on any atom is 0.137 e. The molecular formula is C17H18FNO2. The lowest BCUT2D eigenvalue weighted by Gasteiger charge is -2.16. The van der Waals surface area contributed by atoms with Gasteiger partial charge in [0.05, 0.1) is 0 Å². The van der Waals surface area contributed by atoms with Crippen molar-refractivity contribution in [2.45, 2.75) is 26.4 Å². The molecule has 0 radical (unpaired) electrons. The SMILES string of the molecule is Cc1ccc(N)c(C)c1OCC1Cc2cc(F)ccc2O1. The molecule has 1 aliphatic rings. The molecule has 0 fully saturated rings. The van der Waals surface area contributed by atoms with Gasteiger partial charge in [0.15, 0.2) is 0 Å². The van der Waals surface area contributed by atoms with Crippen LogP contribution < -0.4 is 15.2 Å². The number of anilines is 1. The van der Waals surface area contributed by atoms with E-state index in [-0.39, 0.29) is 11.9 Å². The molecule has 0 bridgehead atoms. The maximum absolute atomic E-state index is 13.2. The van der Waals surface area contributed by atoms with E-state index in [1.165, 1.54) is 12.1 Å². The van der Waals surface area contributed by atoms with Gasteiger partial charge in [-0.25, -0.2) is 4.39 Å². The summed E-state index contributed by atoms with van der Waals surface area (Å²) in [6.45, 7) is 4.35. The second-order valence-electron chi connectivity index (χ2n) is 5.43. The Hall–Kier alpha value is -2.23. The first kappa shape index (κ1) is 13.7. The summed E-state index contributed by atoms with van der Waals surface area (Å²) in [4.78, 5) is 0. The van der Waals surface area contributed by atoms with Crippen LogP contribution in [0, 0.1) is 19.7 Å². The van der Waals surface area contributed by atoms with Gasteiger partial charge in [-0.15, -0.1) is 0 Å². The van der Waals surface area contributed by atoms with Crippen LogP contribution in [0.3, 0.4) is 0 Å². The molecule has 0 spiro atoms. The summed E-state index contributed by atoms with van der Waals surface area (Å²) in [5.74, 6) is 1.31. The van der Waals surface area contributed by atoms with Gasteiger partial charge >= 0.3 is 0 Å². The van der Waals surface area contributed by atoms with Crippen LogP contribution >= 0.6 is 0 Å². The predicted molar refractivity (Wildman–Crippen MR) is 80.3 cm³/mol. The summed E-state index contributed by atoms with van der Waals surface area (Å²) in [7, 11) is 0. The third kappa shape index (κ3) is 2.66. The molecule has 1 atom stereocenters. The normalized spacial score (nSPS) is 16.4. The fourth-order valence-corrected chi connectivity index (χ4v) is 2.62. The number of aryl methyl sites for hydroxylation is 1. The van der Waals surface area contributed by atoms with Crippen molar-refractivity contribution in [2.24, 2.45) is 0 Å². The van der Waals surface area contributed by atoms with Crippen molar-refractivity contribution < 1.29 is 13.9 Å². The fraction of sp³-hybridized carbons (Fsp3) is 0.294. The number of fused-ring (bicyclic) bond motifs is 1. The monoisotopic (exact) mass is 287 g/mol. The molecule has 0 aliphatic carbocycles. The van der Waals surface area contributed by atoms with Gasteiger partial charge in [-0.1, -0.05) is 6.07 Å². The first-order chi connectivity index (χ1) is 10.0. The molecule has 1 heterocycles. The lowest BCUT2D eigenvalue weighted by atomic mass is 10.1. The lowest BCUT2D eigenvalue weighted by Crippen LogP contribution is -2.23. The highest BCUT2D eigenvalue weighted by atomic mass is 19.1. The molecule has 0 aromatic heterocycles. The van der Waals surface area contributed by atoms with Gasteiger partial charge < -0.3 is 15.2 Å². The fourth-order valence-electron chi connectivity index (χ4n) is 2.62. The van der Waals surface area contributed by atoms with E-state index in [1.807, 2.05) is 26.0 Å². The number of halogens is 1. The summed E-state index contributed by atoms with van der Waals surface area (Å²) in [5, 5.41) is 0. The van der Waals surface area contributed by atoms with Gasteiger partial charge in [-0.2, -0.15) is 0 Å². The highest BCUT2D eigenvalue weighted by Crippen LogP contribution is 2.31. The average molecular weight is 287 g/mol. The summed E-state index contributed by atoms with van der Waals surface area (Å²) in [6, 6.07) is 8.42. The molecule has 2 aromatic rings. The van der Waals surface area contributed by atoms with Crippen LogP contribution in [0.1, 0.15) is 16.7 Å². The summed E-state index contributed by atoms with van der Waals surface area (Å²) < 4.78 is 24.9. The van der Waals surface area contributed by atoms with Crippen molar-refractivity contribution in [3.63, 3.8) is 0 Å². The molecule has 21 heavy (non-hydrogen) atoms. The molecule has 3 rings (SSSR count). The van der Waals surface area contributed by atoms with Gasteiger partial charge in [0.25, 0.3) is 0 Å². The second kappa shape index (κ2) is 5.28. The van der Waals surface area contributed by atoms with Crippen LogP contribution in [-0.4, -0.2) is 12.7 Å². The minimum absolute atomic E-state index is 0.0953. The predicted octanol–water partition coefficient (Wildman–Crippen LogP) is 3.41. The number of hydrogen-bond acceptors (Lipinski definition) is 3. The zero-order valence-electron chi connectivity index (χ0n) is 12.2. The van der Waals surface area contributed by atoms with E-state index < -0.39 is 0 Å². The number of nitrogen functional groups attached to an aromatic ring is 1. The van der Waals surface area contributed by atoms with Crippen molar-refractivity contribution in [3.05, 3.63) is 52.8 Å². The molecule has 0 saturated carbocycles. The second-order valence-corrected chi connectivity index (χ2v) is 5.43. The number of benzene rings is 2. The highest BCUT2D eigenvalue weighted by molar-refractivity contribution is 5.56. The Morgan fingerprint density at radius 1 is 1.29 bits per heavy atom. The van der Waals surface area contributed by atoms with Crippen molar-refractivity contribution in [1.82, 2.24) is 0 Å². The molecule has 0 amide bonds. The molecule has 1 unspecified atom stereocenters. The van der Waals surface area contributed by atoms with Crippen LogP contribution in [0.4, 0.5) is 10.1 Å². The smallest absolute Gasteiger partial charge is 0.137 e. The Labute approximate surface area is 123 Å². The van der Waals surface area contributed by atoms with E-state index in [0.717, 1.165) is 28.2 Å². The minimum Gasteiger partial charge on any atom is -0.489 e. The molecule has 2 aromatic carbocycles. The topological polar surface area (TPSA) is 44.5 Å². The van der Waals surface area contributed by atoms with Crippen molar-refractivity contribution in [3.8, 4) is 11.5 Å². The third-order valence-electron chi connectivity index (χ3n) is 3.82. The Kier molecular flexibility index (Phi) is 3.45. The first-order valence-corrected chi connectivity index (χ1v) is 6.98. The largest absolute Gasteiger partial charge is 0.489 e. The average Bonchev–Trinajstić information content (AvgIpc) is 2.85. The summed E-state index contributed by atoms with van der Waals surface area (Å²) >= 11 is 0. The highest BCUT2D eigenvalue weighted by Gasteiger charge is 2.24. The lowest BCUT2D eigenvalue weighted by molar-refractivity contribution is 0.147. The number of nitrogens with two attached hydrogens (primary N) is 1. The molecule has 0 saturated heterocycles. The molecule has 1 aliphatic heterocycles. The molecule has 2 N–H and O–H groups in total. The Bertz CT molecular complexity index is 685. The van der Waals surface area contributed by atoms with E-state index in [2.05, 4.69) is 0 Å². The Balaban J connectivity index is 1.69. The van der Waals surface area contributed by atoms with Gasteiger partial charge in [-0.3, -0.25) is 0 Å². The van der Waals surface area contributed by atoms with Crippen LogP contribution in [0.2, 0.25) is 0 Å². The number of ether oxygens (including phenoxy) is 2. The number of rotatable bonds is 3. The van der Waals surface area contributed by atoms with Crippen molar-refractivity contribution >= 4 is 5.69 Å². The van der Waals surface area contributed by atoms with Crippen LogP contribution in [0.25, 0.3) is 0 Å². The Morgan fingerprint density at radius 2 is 2.10 bits per heavy atom. The quantitative estimate of drug-likeness (QED) is 0.880. The standard InChI is InChI=1S/C17H18FNO2/c1-10-3-5-15(19)11(2)17(10)20-9-14-8-12-7-13(18)4-6-16(12)21-14/h3-7,14H,8-9,19H2,1-2H3. The van der Waals surface area contributed by atoms with Gasteiger partial charge in [0.2, 0.25) is 0 Å². The van der Waals surface area contributed by atoms with Gasteiger partial charge in [0.1, 0.15) is 30.0 Å². The maximum atomic E-state index is 13.2. The minimum atomic E-state index is -0.235. The van der Waals surface area contributed by atoms with E-state index >= 15 is 0 Å².